The molecule has 0 bridgehead atoms. The first-order valence-electron chi connectivity index (χ1n) is 15.1. The predicted octanol–water partition coefficient (Wildman–Crippen LogP) is 3.04. The van der Waals surface area contributed by atoms with E-state index in [2.05, 4.69) is 31.1 Å². The number of alkyl halides is 1. The number of nitrogen functional groups attached to an aromatic ring is 1. The van der Waals surface area contributed by atoms with E-state index in [0.717, 1.165) is 42.7 Å². The maximum atomic E-state index is 14.4. The Hall–Kier alpha value is -3.16. The summed E-state index contributed by atoms with van der Waals surface area (Å²) in [5.41, 5.74) is 5.30. The van der Waals surface area contributed by atoms with Crippen molar-refractivity contribution in [2.24, 2.45) is 0 Å². The molecule has 3 aromatic rings. The van der Waals surface area contributed by atoms with E-state index in [1.54, 1.807) is 6.92 Å². The van der Waals surface area contributed by atoms with Gasteiger partial charge in [-0.25, -0.2) is 4.39 Å². The molecule has 3 N–H and O–H groups in total. The molecule has 3 aliphatic heterocycles. The minimum Gasteiger partial charge on any atom is -0.461 e. The van der Waals surface area contributed by atoms with Gasteiger partial charge in [-0.3, -0.25) is 4.90 Å². The lowest BCUT2D eigenvalue weighted by atomic mass is 9.72. The van der Waals surface area contributed by atoms with E-state index in [-0.39, 0.29) is 61.3 Å². The van der Waals surface area contributed by atoms with Crippen molar-refractivity contribution >= 4 is 34.7 Å². The predicted molar refractivity (Wildman–Crippen MR) is 165 cm³/mol. The molecule has 1 aliphatic carbocycles. The van der Waals surface area contributed by atoms with Gasteiger partial charge in [0, 0.05) is 30.0 Å². The van der Waals surface area contributed by atoms with Crippen LogP contribution in [0, 0.1) is 11.3 Å². The number of aromatic nitrogens is 5. The number of thiophene rings is 1. The van der Waals surface area contributed by atoms with Crippen molar-refractivity contribution in [1.29, 1.82) is 5.26 Å². The molecule has 3 saturated heterocycles. The summed E-state index contributed by atoms with van der Waals surface area (Å²) in [6, 6.07) is 2.33. The van der Waals surface area contributed by atoms with E-state index in [1.807, 2.05) is 11.8 Å². The van der Waals surface area contributed by atoms with Crippen LogP contribution in [0.2, 0.25) is 0 Å². The van der Waals surface area contributed by atoms with Crippen LogP contribution >= 0.6 is 23.7 Å². The molecule has 0 amide bonds. The van der Waals surface area contributed by atoms with Crippen molar-refractivity contribution < 1.29 is 23.5 Å². The lowest BCUT2D eigenvalue weighted by molar-refractivity contribution is -0.0123. The van der Waals surface area contributed by atoms with Gasteiger partial charge in [-0.15, -0.1) is 23.7 Å². The number of aryl methyl sites for hydroxylation is 1. The third kappa shape index (κ3) is 5.71. The number of fused-ring (bicyclic) bond motifs is 2. The number of hydrogen-bond acceptors (Lipinski definition) is 14. The van der Waals surface area contributed by atoms with Gasteiger partial charge in [-0.2, -0.15) is 25.2 Å². The summed E-state index contributed by atoms with van der Waals surface area (Å²) >= 11 is 1.44. The van der Waals surface area contributed by atoms with Gasteiger partial charge in [0.05, 0.1) is 36.3 Å². The average molecular weight is 662 g/mol. The molecular weight excluding hydrogens is 625 g/mol. The molecule has 242 valence electrons. The molecule has 0 spiro atoms. The molecule has 6 heterocycles. The Labute approximate surface area is 270 Å². The number of aliphatic hydroxyl groups is 1. The van der Waals surface area contributed by atoms with E-state index in [9.17, 15) is 14.8 Å². The van der Waals surface area contributed by atoms with Crippen LogP contribution in [0.1, 0.15) is 67.8 Å². The van der Waals surface area contributed by atoms with E-state index >= 15 is 0 Å². The average Bonchev–Trinajstić information content (AvgIpc) is 3.73. The van der Waals surface area contributed by atoms with Gasteiger partial charge in [0.15, 0.2) is 0 Å². The van der Waals surface area contributed by atoms with Crippen molar-refractivity contribution in [3.63, 3.8) is 0 Å². The molecule has 45 heavy (non-hydrogen) atoms. The van der Waals surface area contributed by atoms with Crippen molar-refractivity contribution in [2.75, 3.05) is 56.6 Å². The zero-order valence-electron chi connectivity index (χ0n) is 25.3. The first-order valence-corrected chi connectivity index (χ1v) is 15.9. The number of nitrogens with two attached hydrogens (primary N) is 1. The number of anilines is 2. The topological polar surface area (TPSA) is 173 Å². The van der Waals surface area contributed by atoms with E-state index in [1.165, 1.54) is 11.3 Å². The van der Waals surface area contributed by atoms with Crippen molar-refractivity contribution in [3.05, 3.63) is 21.9 Å². The molecule has 4 aliphatic rings. The minimum absolute atomic E-state index is 0. The van der Waals surface area contributed by atoms with Gasteiger partial charge in [0.2, 0.25) is 23.5 Å². The Balaban J connectivity index is 0.00000357. The summed E-state index contributed by atoms with van der Waals surface area (Å²) < 4.78 is 32.1. The van der Waals surface area contributed by atoms with Gasteiger partial charge in [-0.1, -0.05) is 5.16 Å². The van der Waals surface area contributed by atoms with Gasteiger partial charge < -0.3 is 29.7 Å². The molecule has 0 saturated carbocycles. The molecule has 0 radical (unpaired) electrons. The molecule has 7 rings (SSSR count). The fourth-order valence-corrected chi connectivity index (χ4v) is 8.51. The van der Waals surface area contributed by atoms with Crippen molar-refractivity contribution in [2.45, 2.75) is 75.1 Å². The highest BCUT2D eigenvalue weighted by Gasteiger charge is 2.49. The second kappa shape index (κ2) is 11.9. The molecule has 16 heteroatoms. The second-order valence-corrected chi connectivity index (χ2v) is 14.1. The van der Waals surface area contributed by atoms with Crippen LogP contribution in [0.5, 0.6) is 6.01 Å². The van der Waals surface area contributed by atoms with Crippen LogP contribution in [0.25, 0.3) is 11.6 Å². The summed E-state index contributed by atoms with van der Waals surface area (Å²) in [6.45, 7) is 6.41. The summed E-state index contributed by atoms with van der Waals surface area (Å²) in [5.74, 6) is 0.914. The third-order valence-corrected chi connectivity index (χ3v) is 10.5. The van der Waals surface area contributed by atoms with Crippen LogP contribution < -0.4 is 15.4 Å². The van der Waals surface area contributed by atoms with Gasteiger partial charge in [0.25, 0.3) is 0 Å². The lowest BCUT2D eigenvalue weighted by Crippen LogP contribution is -2.44. The SMILES string of the molecule is CC1(O)COCCN(c2nc(OC[C@@]34CCCN3C[C@H](F)C4)nc(-c3noc([C@@]4(C)CCCc5sc(N)c(C#N)c54)n3)n2)C1.Cl. The molecule has 4 atom stereocenters. The van der Waals surface area contributed by atoms with Crippen molar-refractivity contribution in [1.82, 2.24) is 30.0 Å². The van der Waals surface area contributed by atoms with Gasteiger partial charge in [0.1, 0.15) is 29.4 Å². The number of ether oxygens (including phenoxy) is 2. The van der Waals surface area contributed by atoms with Crippen LogP contribution in [0.4, 0.5) is 15.3 Å². The fraction of sp³-hybridized carbons (Fsp3) is 0.655. The summed E-state index contributed by atoms with van der Waals surface area (Å²) in [5, 5.41) is 25.5. The molecular formula is C29H37ClFN9O4S. The van der Waals surface area contributed by atoms with Crippen LogP contribution in [-0.4, -0.2) is 98.4 Å². The second-order valence-electron chi connectivity index (χ2n) is 12.9. The quantitative estimate of drug-likeness (QED) is 0.395. The Bertz CT molecular complexity index is 1610. The number of nitriles is 1. The zero-order valence-corrected chi connectivity index (χ0v) is 26.9. The highest BCUT2D eigenvalue weighted by Crippen LogP contribution is 2.48. The minimum atomic E-state index is -1.12. The molecule has 0 aromatic carbocycles. The molecule has 3 fully saturated rings. The maximum absolute atomic E-state index is 14.4. The Morgan fingerprint density at radius 1 is 1.18 bits per heavy atom. The smallest absolute Gasteiger partial charge is 0.321 e. The highest BCUT2D eigenvalue weighted by atomic mass is 35.5. The van der Waals surface area contributed by atoms with Crippen LogP contribution in [0.3, 0.4) is 0 Å². The number of β-amino-alcohol motifs (C(OH)–C–C–N with tert-alkyl or cyclic N) is 1. The first kappa shape index (κ1) is 31.8. The van der Waals surface area contributed by atoms with Crippen LogP contribution in [0.15, 0.2) is 4.52 Å². The normalized spacial score (nSPS) is 29.8. The largest absolute Gasteiger partial charge is 0.461 e. The summed E-state index contributed by atoms with van der Waals surface area (Å²) in [7, 11) is 0. The van der Waals surface area contributed by atoms with Crippen LogP contribution in [-0.2, 0) is 16.6 Å². The molecule has 3 aromatic heterocycles. The number of nitrogens with zero attached hydrogens (tertiary/aromatic N) is 8. The summed E-state index contributed by atoms with van der Waals surface area (Å²) in [6.07, 6.45) is 3.79. The Morgan fingerprint density at radius 3 is 2.84 bits per heavy atom. The zero-order chi connectivity index (χ0) is 30.7. The Morgan fingerprint density at radius 2 is 2.02 bits per heavy atom. The number of halogens is 2. The van der Waals surface area contributed by atoms with E-state index < -0.39 is 17.2 Å². The lowest BCUT2D eigenvalue weighted by Gasteiger charge is -2.31. The third-order valence-electron chi connectivity index (χ3n) is 9.42. The molecule has 1 unspecified atom stereocenters. The molecule has 13 nitrogen and oxygen atoms in total. The first-order chi connectivity index (χ1) is 21.1. The van der Waals surface area contributed by atoms with E-state index in [4.69, 9.17) is 24.7 Å². The standard InChI is InChI=1S/C29H36FN9O4S.ClH/c1-27(40)14-38(9-10-41-15-27)25-34-22(35-26(36-25)42-16-29-7-4-8-39(29)13-17(30)11-29)23-33-24(43-37-23)28(2)6-3-5-19-20(28)18(12-31)21(32)44-19;/h17,40H,3-11,13-16,32H2,1-2H3;1H/t17-,27?,28+,29+;/m1./s1. The highest BCUT2D eigenvalue weighted by molar-refractivity contribution is 7.16. The summed E-state index contributed by atoms with van der Waals surface area (Å²) in [4.78, 5) is 23.7. The van der Waals surface area contributed by atoms with Gasteiger partial charge in [-0.05, 0) is 52.5 Å². The Kier molecular flexibility index (Phi) is 8.40. The number of rotatable bonds is 6. The maximum Gasteiger partial charge on any atom is 0.321 e. The van der Waals surface area contributed by atoms with Crippen molar-refractivity contribution in [3.8, 4) is 23.7 Å². The number of hydrogen-bond donors (Lipinski definition) is 2. The monoisotopic (exact) mass is 661 g/mol. The van der Waals surface area contributed by atoms with Gasteiger partial charge >= 0.3 is 6.01 Å². The van der Waals surface area contributed by atoms with E-state index in [0.29, 0.717) is 49.0 Å². The fourth-order valence-electron chi connectivity index (χ4n) is 7.32.